The maximum atomic E-state index is 11.6. The SMILES string of the molecule is CCCNc1nc(N)c(C(=O)OCCC)s1. The van der Waals surface area contributed by atoms with Crippen molar-refractivity contribution in [3.8, 4) is 0 Å². The van der Waals surface area contributed by atoms with Crippen LogP contribution in [0, 0.1) is 0 Å². The van der Waals surface area contributed by atoms with Crippen LogP contribution < -0.4 is 11.1 Å². The first kappa shape index (κ1) is 12.8. The van der Waals surface area contributed by atoms with Gasteiger partial charge in [0.25, 0.3) is 0 Å². The zero-order valence-electron chi connectivity index (χ0n) is 9.58. The van der Waals surface area contributed by atoms with Gasteiger partial charge in [0.2, 0.25) is 0 Å². The number of rotatable bonds is 6. The van der Waals surface area contributed by atoms with Crippen molar-refractivity contribution in [1.82, 2.24) is 4.98 Å². The van der Waals surface area contributed by atoms with E-state index in [1.807, 2.05) is 6.92 Å². The van der Waals surface area contributed by atoms with Crippen molar-refractivity contribution < 1.29 is 9.53 Å². The van der Waals surface area contributed by atoms with Gasteiger partial charge < -0.3 is 15.8 Å². The summed E-state index contributed by atoms with van der Waals surface area (Å²) >= 11 is 1.24. The van der Waals surface area contributed by atoms with Crippen molar-refractivity contribution in [1.29, 1.82) is 0 Å². The molecule has 0 saturated heterocycles. The fourth-order valence-corrected chi connectivity index (χ4v) is 1.85. The standard InChI is InChI=1S/C10H17N3O2S/c1-3-5-12-10-13-8(11)7(16-10)9(14)15-6-4-2/h3-6,11H2,1-2H3,(H,12,13). The number of carbonyl (C=O) groups excluding carboxylic acids is 1. The molecule has 0 aromatic carbocycles. The third-order valence-corrected chi connectivity index (χ3v) is 2.81. The van der Waals surface area contributed by atoms with Crippen LogP contribution in [0.15, 0.2) is 0 Å². The Morgan fingerprint density at radius 3 is 2.88 bits per heavy atom. The zero-order valence-corrected chi connectivity index (χ0v) is 10.4. The molecule has 0 amide bonds. The minimum absolute atomic E-state index is 0.240. The Morgan fingerprint density at radius 2 is 2.25 bits per heavy atom. The molecule has 0 aliphatic rings. The molecule has 0 saturated carbocycles. The predicted molar refractivity (Wildman–Crippen MR) is 65.9 cm³/mol. The van der Waals surface area contributed by atoms with Crippen molar-refractivity contribution in [2.45, 2.75) is 26.7 Å². The number of thiazole rings is 1. The molecule has 0 aliphatic carbocycles. The molecule has 1 aromatic rings. The molecule has 0 fully saturated rings. The van der Waals surface area contributed by atoms with E-state index in [0.717, 1.165) is 19.4 Å². The second-order valence-electron chi connectivity index (χ2n) is 3.30. The average molecular weight is 243 g/mol. The van der Waals surface area contributed by atoms with E-state index in [1.165, 1.54) is 11.3 Å². The Balaban J connectivity index is 2.65. The summed E-state index contributed by atoms with van der Waals surface area (Å²) in [6.45, 7) is 5.22. The molecule has 0 aliphatic heterocycles. The molecule has 0 spiro atoms. The van der Waals surface area contributed by atoms with E-state index in [1.54, 1.807) is 0 Å². The van der Waals surface area contributed by atoms with Crippen LogP contribution in [0.5, 0.6) is 0 Å². The van der Waals surface area contributed by atoms with Gasteiger partial charge in [-0.15, -0.1) is 0 Å². The number of anilines is 2. The second kappa shape index (κ2) is 6.32. The first-order valence-electron chi connectivity index (χ1n) is 5.36. The highest BCUT2D eigenvalue weighted by atomic mass is 32.1. The summed E-state index contributed by atoms with van der Waals surface area (Å²) in [4.78, 5) is 16.0. The summed E-state index contributed by atoms with van der Waals surface area (Å²) in [6.07, 6.45) is 1.79. The number of ether oxygens (including phenoxy) is 1. The molecule has 1 rings (SSSR count). The maximum Gasteiger partial charge on any atom is 0.352 e. The number of hydrogen-bond acceptors (Lipinski definition) is 6. The van der Waals surface area contributed by atoms with Gasteiger partial charge in [-0.3, -0.25) is 0 Å². The van der Waals surface area contributed by atoms with Crippen LogP contribution in [-0.4, -0.2) is 24.1 Å². The lowest BCUT2D eigenvalue weighted by Crippen LogP contribution is -2.06. The molecule has 1 aromatic heterocycles. The number of nitrogens with one attached hydrogen (secondary N) is 1. The van der Waals surface area contributed by atoms with Crippen LogP contribution >= 0.6 is 11.3 Å². The molecule has 0 unspecified atom stereocenters. The van der Waals surface area contributed by atoms with Gasteiger partial charge in [-0.25, -0.2) is 9.78 Å². The molecule has 1 heterocycles. The van der Waals surface area contributed by atoms with E-state index in [0.29, 0.717) is 16.6 Å². The predicted octanol–water partition coefficient (Wildman–Crippen LogP) is 2.11. The molecule has 16 heavy (non-hydrogen) atoms. The summed E-state index contributed by atoms with van der Waals surface area (Å²) in [5.41, 5.74) is 5.64. The molecule has 6 heteroatoms. The van der Waals surface area contributed by atoms with E-state index in [-0.39, 0.29) is 11.8 Å². The maximum absolute atomic E-state index is 11.6. The molecule has 3 N–H and O–H groups in total. The highest BCUT2D eigenvalue weighted by Crippen LogP contribution is 2.25. The summed E-state index contributed by atoms with van der Waals surface area (Å²) in [6, 6.07) is 0. The van der Waals surface area contributed by atoms with Gasteiger partial charge >= 0.3 is 5.97 Å². The first-order chi connectivity index (χ1) is 7.69. The Hall–Kier alpha value is -1.30. The number of esters is 1. The molecule has 0 atom stereocenters. The van der Waals surface area contributed by atoms with E-state index in [4.69, 9.17) is 10.5 Å². The third-order valence-electron chi connectivity index (χ3n) is 1.80. The number of nitrogens with zero attached hydrogens (tertiary/aromatic N) is 1. The fraction of sp³-hybridized carbons (Fsp3) is 0.600. The van der Waals surface area contributed by atoms with Gasteiger partial charge in [-0.1, -0.05) is 25.2 Å². The van der Waals surface area contributed by atoms with E-state index in [2.05, 4.69) is 17.2 Å². The van der Waals surface area contributed by atoms with Crippen molar-refractivity contribution in [3.05, 3.63) is 4.88 Å². The number of nitrogens with two attached hydrogens (primary N) is 1. The van der Waals surface area contributed by atoms with Crippen molar-refractivity contribution in [3.63, 3.8) is 0 Å². The van der Waals surface area contributed by atoms with Crippen LogP contribution in [0.3, 0.4) is 0 Å². The number of nitrogen functional groups attached to an aromatic ring is 1. The fourth-order valence-electron chi connectivity index (χ4n) is 1.05. The third kappa shape index (κ3) is 3.37. The Labute approximate surface area is 99.0 Å². The molecule has 0 radical (unpaired) electrons. The van der Waals surface area contributed by atoms with Gasteiger partial charge in [0.05, 0.1) is 6.61 Å². The van der Waals surface area contributed by atoms with E-state index in [9.17, 15) is 4.79 Å². The van der Waals surface area contributed by atoms with Gasteiger partial charge in [0.15, 0.2) is 15.8 Å². The van der Waals surface area contributed by atoms with Crippen molar-refractivity contribution in [2.24, 2.45) is 0 Å². The van der Waals surface area contributed by atoms with Crippen LogP contribution in [0.1, 0.15) is 36.4 Å². The van der Waals surface area contributed by atoms with Crippen LogP contribution in [0.4, 0.5) is 10.9 Å². The van der Waals surface area contributed by atoms with Gasteiger partial charge in [0, 0.05) is 6.54 Å². The minimum Gasteiger partial charge on any atom is -0.461 e. The quantitative estimate of drug-likeness (QED) is 0.748. The van der Waals surface area contributed by atoms with Crippen LogP contribution in [-0.2, 0) is 4.74 Å². The average Bonchev–Trinajstić information content (AvgIpc) is 2.64. The molecular formula is C10H17N3O2S. The van der Waals surface area contributed by atoms with Gasteiger partial charge in [-0.05, 0) is 12.8 Å². The first-order valence-corrected chi connectivity index (χ1v) is 6.18. The lowest BCUT2D eigenvalue weighted by atomic mass is 10.5. The molecule has 90 valence electrons. The van der Waals surface area contributed by atoms with Crippen LogP contribution in [0.2, 0.25) is 0 Å². The second-order valence-corrected chi connectivity index (χ2v) is 4.30. The smallest absolute Gasteiger partial charge is 0.352 e. The highest BCUT2D eigenvalue weighted by Gasteiger charge is 2.16. The summed E-state index contributed by atoms with van der Waals surface area (Å²) in [7, 11) is 0. The number of aromatic nitrogens is 1. The lowest BCUT2D eigenvalue weighted by Gasteiger charge is -1.99. The van der Waals surface area contributed by atoms with Crippen molar-refractivity contribution in [2.75, 3.05) is 24.2 Å². The van der Waals surface area contributed by atoms with Gasteiger partial charge in [-0.2, -0.15) is 0 Å². The summed E-state index contributed by atoms with van der Waals surface area (Å²) in [5.74, 6) is -0.147. The number of hydrogen-bond donors (Lipinski definition) is 2. The normalized spacial score (nSPS) is 10.1. The topological polar surface area (TPSA) is 77.2 Å². The largest absolute Gasteiger partial charge is 0.461 e. The summed E-state index contributed by atoms with van der Waals surface area (Å²) in [5, 5.41) is 3.76. The molecule has 5 nitrogen and oxygen atoms in total. The van der Waals surface area contributed by atoms with E-state index < -0.39 is 0 Å². The van der Waals surface area contributed by atoms with E-state index >= 15 is 0 Å². The molecular weight excluding hydrogens is 226 g/mol. The summed E-state index contributed by atoms with van der Waals surface area (Å²) < 4.78 is 5.00. The van der Waals surface area contributed by atoms with Crippen molar-refractivity contribution >= 4 is 28.3 Å². The van der Waals surface area contributed by atoms with Crippen LogP contribution in [0.25, 0.3) is 0 Å². The zero-order chi connectivity index (χ0) is 12.0. The minimum atomic E-state index is -0.388. The Morgan fingerprint density at radius 1 is 1.50 bits per heavy atom. The van der Waals surface area contributed by atoms with Gasteiger partial charge in [0.1, 0.15) is 0 Å². The number of carbonyl (C=O) groups is 1. The Kier molecular flexibility index (Phi) is 5.04. The Bertz CT molecular complexity index is 352. The highest BCUT2D eigenvalue weighted by molar-refractivity contribution is 7.17. The monoisotopic (exact) mass is 243 g/mol. The lowest BCUT2D eigenvalue weighted by molar-refractivity contribution is 0.0512. The molecule has 0 bridgehead atoms.